The SMILES string of the molecule is CCCN1C(=O)c2ccc3c(c2C1=O)c1cccnc1n3C. The number of amides is 2. The molecule has 0 spiro atoms. The fraction of sp³-hybridized carbons (Fsp3) is 0.235. The zero-order valence-electron chi connectivity index (χ0n) is 12.5. The molecule has 2 amide bonds. The molecule has 0 radical (unpaired) electrons. The zero-order chi connectivity index (χ0) is 15.4. The fourth-order valence-corrected chi connectivity index (χ4v) is 3.32. The summed E-state index contributed by atoms with van der Waals surface area (Å²) in [7, 11) is 1.93. The van der Waals surface area contributed by atoms with Crippen molar-refractivity contribution in [2.45, 2.75) is 13.3 Å². The lowest BCUT2D eigenvalue weighted by Gasteiger charge is -2.11. The number of hydrogen-bond donors (Lipinski definition) is 0. The first-order valence-corrected chi connectivity index (χ1v) is 7.37. The Kier molecular flexibility index (Phi) is 2.60. The van der Waals surface area contributed by atoms with Crippen LogP contribution in [0.2, 0.25) is 0 Å². The van der Waals surface area contributed by atoms with Crippen molar-refractivity contribution in [1.82, 2.24) is 14.5 Å². The van der Waals surface area contributed by atoms with Crippen LogP contribution in [-0.4, -0.2) is 32.8 Å². The summed E-state index contributed by atoms with van der Waals surface area (Å²) in [5, 5.41) is 1.75. The summed E-state index contributed by atoms with van der Waals surface area (Å²) in [5.41, 5.74) is 2.77. The van der Waals surface area contributed by atoms with Crippen LogP contribution < -0.4 is 0 Å². The van der Waals surface area contributed by atoms with Gasteiger partial charge in [-0.15, -0.1) is 0 Å². The lowest BCUT2D eigenvalue weighted by Crippen LogP contribution is -2.30. The van der Waals surface area contributed by atoms with Crippen molar-refractivity contribution in [2.75, 3.05) is 6.54 Å². The first-order chi connectivity index (χ1) is 10.6. The largest absolute Gasteiger partial charge is 0.328 e. The highest BCUT2D eigenvalue weighted by Crippen LogP contribution is 2.35. The molecular formula is C17H15N3O2. The quantitative estimate of drug-likeness (QED) is 0.683. The Labute approximate surface area is 127 Å². The average molecular weight is 293 g/mol. The Morgan fingerprint density at radius 3 is 2.73 bits per heavy atom. The number of aromatic nitrogens is 2. The van der Waals surface area contributed by atoms with Crippen molar-refractivity contribution in [3.05, 3.63) is 41.6 Å². The monoisotopic (exact) mass is 293 g/mol. The molecule has 1 aliphatic rings. The maximum atomic E-state index is 12.7. The molecule has 0 fully saturated rings. The normalized spacial score (nSPS) is 14.4. The van der Waals surface area contributed by atoms with Crippen LogP contribution in [0.1, 0.15) is 34.1 Å². The number of fused-ring (bicyclic) bond motifs is 5. The molecule has 0 bridgehead atoms. The Balaban J connectivity index is 2.13. The summed E-state index contributed by atoms with van der Waals surface area (Å²) in [5.74, 6) is -0.381. The number of carbonyl (C=O) groups excluding carboxylic acids is 2. The number of pyridine rings is 1. The van der Waals surface area contributed by atoms with Gasteiger partial charge in [0.1, 0.15) is 5.65 Å². The minimum Gasteiger partial charge on any atom is -0.328 e. The molecule has 0 saturated heterocycles. The summed E-state index contributed by atoms with van der Waals surface area (Å²) in [4.78, 5) is 30.9. The van der Waals surface area contributed by atoms with E-state index >= 15 is 0 Å². The van der Waals surface area contributed by atoms with Gasteiger partial charge in [0, 0.05) is 30.6 Å². The van der Waals surface area contributed by atoms with E-state index in [2.05, 4.69) is 4.98 Å². The molecule has 5 heteroatoms. The van der Waals surface area contributed by atoms with Crippen molar-refractivity contribution in [1.29, 1.82) is 0 Å². The van der Waals surface area contributed by atoms with Crippen molar-refractivity contribution in [3.63, 3.8) is 0 Å². The second-order valence-electron chi connectivity index (χ2n) is 5.58. The highest BCUT2D eigenvalue weighted by molar-refractivity contribution is 6.29. The summed E-state index contributed by atoms with van der Waals surface area (Å²) < 4.78 is 1.96. The van der Waals surface area contributed by atoms with E-state index in [1.54, 1.807) is 12.3 Å². The lowest BCUT2D eigenvalue weighted by atomic mass is 10.0. The van der Waals surface area contributed by atoms with Crippen LogP contribution in [0.25, 0.3) is 21.9 Å². The Hall–Kier alpha value is -2.69. The molecule has 5 nitrogen and oxygen atoms in total. The molecule has 22 heavy (non-hydrogen) atoms. The molecule has 0 atom stereocenters. The van der Waals surface area contributed by atoms with E-state index in [0.29, 0.717) is 17.7 Å². The van der Waals surface area contributed by atoms with Crippen LogP contribution in [-0.2, 0) is 7.05 Å². The maximum Gasteiger partial charge on any atom is 0.262 e. The summed E-state index contributed by atoms with van der Waals surface area (Å²) in [6, 6.07) is 7.46. The molecule has 0 aliphatic carbocycles. The molecule has 1 aromatic carbocycles. The highest BCUT2D eigenvalue weighted by Gasteiger charge is 2.37. The van der Waals surface area contributed by atoms with E-state index in [-0.39, 0.29) is 11.8 Å². The molecule has 110 valence electrons. The zero-order valence-corrected chi connectivity index (χ0v) is 12.5. The van der Waals surface area contributed by atoms with Gasteiger partial charge >= 0.3 is 0 Å². The molecule has 0 unspecified atom stereocenters. The van der Waals surface area contributed by atoms with Gasteiger partial charge in [0.25, 0.3) is 11.8 Å². The van der Waals surface area contributed by atoms with Gasteiger partial charge in [-0.1, -0.05) is 6.92 Å². The first kappa shape index (κ1) is 13.0. The minimum absolute atomic E-state index is 0.190. The number of benzene rings is 1. The van der Waals surface area contributed by atoms with Crippen LogP contribution in [0.5, 0.6) is 0 Å². The predicted molar refractivity (Wildman–Crippen MR) is 83.9 cm³/mol. The van der Waals surface area contributed by atoms with Crippen molar-refractivity contribution in [3.8, 4) is 0 Å². The Morgan fingerprint density at radius 1 is 1.14 bits per heavy atom. The second kappa shape index (κ2) is 4.40. The smallest absolute Gasteiger partial charge is 0.262 e. The standard InChI is InChI=1S/C17H15N3O2/c1-3-9-20-16(21)11-6-7-12-13(14(11)17(20)22)10-5-4-8-18-15(10)19(12)2/h4-8H,3,9H2,1-2H3. The summed E-state index contributed by atoms with van der Waals surface area (Å²) in [6.45, 7) is 2.41. The van der Waals surface area contributed by atoms with Gasteiger partial charge in [0.05, 0.1) is 16.6 Å². The second-order valence-corrected chi connectivity index (χ2v) is 5.58. The third kappa shape index (κ3) is 1.45. The van der Waals surface area contributed by atoms with Gasteiger partial charge in [0.2, 0.25) is 0 Å². The van der Waals surface area contributed by atoms with E-state index in [1.165, 1.54) is 4.90 Å². The molecule has 3 heterocycles. The molecule has 1 aliphatic heterocycles. The van der Waals surface area contributed by atoms with E-state index in [0.717, 1.165) is 28.4 Å². The molecule has 0 saturated carbocycles. The predicted octanol–water partition coefficient (Wildman–Crippen LogP) is 2.73. The third-order valence-corrected chi connectivity index (χ3v) is 4.30. The maximum absolute atomic E-state index is 12.7. The van der Waals surface area contributed by atoms with Crippen LogP contribution in [0.4, 0.5) is 0 Å². The molecule has 0 N–H and O–H groups in total. The fourth-order valence-electron chi connectivity index (χ4n) is 3.32. The van der Waals surface area contributed by atoms with Crippen molar-refractivity contribution < 1.29 is 9.59 Å². The number of aryl methyl sites for hydroxylation is 1. The number of nitrogens with zero attached hydrogens (tertiary/aromatic N) is 3. The molecule has 2 aromatic heterocycles. The van der Waals surface area contributed by atoms with Crippen LogP contribution in [0.15, 0.2) is 30.5 Å². The third-order valence-electron chi connectivity index (χ3n) is 4.30. The van der Waals surface area contributed by atoms with Gasteiger partial charge in [-0.3, -0.25) is 14.5 Å². The van der Waals surface area contributed by atoms with Gasteiger partial charge in [-0.25, -0.2) is 4.98 Å². The van der Waals surface area contributed by atoms with Crippen LogP contribution >= 0.6 is 0 Å². The lowest BCUT2D eigenvalue weighted by molar-refractivity contribution is 0.0655. The number of imide groups is 1. The van der Waals surface area contributed by atoms with Gasteiger partial charge in [0.15, 0.2) is 0 Å². The molecular weight excluding hydrogens is 278 g/mol. The minimum atomic E-state index is -0.191. The van der Waals surface area contributed by atoms with Gasteiger partial charge in [-0.05, 0) is 30.7 Å². The van der Waals surface area contributed by atoms with Crippen LogP contribution in [0, 0.1) is 0 Å². The molecule has 3 aromatic rings. The number of hydrogen-bond acceptors (Lipinski definition) is 3. The van der Waals surface area contributed by atoms with E-state index in [1.807, 2.05) is 36.7 Å². The summed E-state index contributed by atoms with van der Waals surface area (Å²) in [6.07, 6.45) is 2.49. The van der Waals surface area contributed by atoms with E-state index < -0.39 is 0 Å². The highest BCUT2D eigenvalue weighted by atomic mass is 16.2. The van der Waals surface area contributed by atoms with Crippen molar-refractivity contribution in [2.24, 2.45) is 7.05 Å². The van der Waals surface area contributed by atoms with Crippen molar-refractivity contribution >= 4 is 33.8 Å². The topological polar surface area (TPSA) is 55.2 Å². The van der Waals surface area contributed by atoms with E-state index in [4.69, 9.17) is 0 Å². The van der Waals surface area contributed by atoms with E-state index in [9.17, 15) is 9.59 Å². The Bertz CT molecular complexity index is 955. The average Bonchev–Trinajstić information content (AvgIpc) is 2.96. The summed E-state index contributed by atoms with van der Waals surface area (Å²) >= 11 is 0. The number of carbonyl (C=O) groups is 2. The number of rotatable bonds is 2. The molecule has 4 rings (SSSR count). The van der Waals surface area contributed by atoms with Crippen LogP contribution in [0.3, 0.4) is 0 Å². The van der Waals surface area contributed by atoms with Gasteiger partial charge in [-0.2, -0.15) is 0 Å². The van der Waals surface area contributed by atoms with Gasteiger partial charge < -0.3 is 4.57 Å². The first-order valence-electron chi connectivity index (χ1n) is 7.37. The Morgan fingerprint density at radius 2 is 1.95 bits per heavy atom.